The zero-order valence-electron chi connectivity index (χ0n) is 12.5. The molecule has 0 spiro atoms. The van der Waals surface area contributed by atoms with E-state index in [0.717, 1.165) is 43.4 Å². The molecule has 4 nitrogen and oxygen atoms in total. The Morgan fingerprint density at radius 1 is 1.14 bits per heavy atom. The highest BCUT2D eigenvalue weighted by Gasteiger charge is 2.26. The van der Waals surface area contributed by atoms with E-state index < -0.39 is 0 Å². The van der Waals surface area contributed by atoms with Gasteiger partial charge in [-0.15, -0.1) is 0 Å². The van der Waals surface area contributed by atoms with Crippen LogP contribution >= 0.6 is 0 Å². The first-order valence-corrected chi connectivity index (χ1v) is 7.54. The van der Waals surface area contributed by atoms with Crippen molar-refractivity contribution in [2.75, 3.05) is 13.7 Å². The number of methoxy groups -OCH3 is 1. The van der Waals surface area contributed by atoms with Crippen LogP contribution in [0.15, 0.2) is 24.3 Å². The number of esters is 1. The third-order valence-corrected chi connectivity index (χ3v) is 4.37. The van der Waals surface area contributed by atoms with Crippen molar-refractivity contribution in [3.05, 3.63) is 35.4 Å². The quantitative estimate of drug-likeness (QED) is 0.667. The predicted octanol–water partition coefficient (Wildman–Crippen LogP) is 2.35. The highest BCUT2D eigenvalue weighted by Crippen LogP contribution is 2.30. The van der Waals surface area contributed by atoms with E-state index in [4.69, 9.17) is 5.73 Å². The Hall–Kier alpha value is -1.68. The van der Waals surface area contributed by atoms with E-state index in [1.54, 1.807) is 0 Å². The number of rotatable bonds is 5. The fourth-order valence-corrected chi connectivity index (χ4v) is 2.92. The SMILES string of the molecule is COC(=O)Cc1ccc(C(=O)C2CCC(CN)CC2)cc1. The van der Waals surface area contributed by atoms with Crippen molar-refractivity contribution >= 4 is 11.8 Å². The number of ketones is 1. The number of hydrogen-bond acceptors (Lipinski definition) is 4. The summed E-state index contributed by atoms with van der Waals surface area (Å²) >= 11 is 0. The van der Waals surface area contributed by atoms with Crippen LogP contribution in [0.5, 0.6) is 0 Å². The van der Waals surface area contributed by atoms with Gasteiger partial charge in [0.25, 0.3) is 0 Å². The zero-order valence-corrected chi connectivity index (χ0v) is 12.5. The topological polar surface area (TPSA) is 69.4 Å². The van der Waals surface area contributed by atoms with E-state index in [1.165, 1.54) is 7.11 Å². The van der Waals surface area contributed by atoms with Crippen LogP contribution in [-0.2, 0) is 16.0 Å². The summed E-state index contributed by atoms with van der Waals surface area (Å²) in [6.45, 7) is 0.725. The lowest BCUT2D eigenvalue weighted by atomic mass is 9.78. The van der Waals surface area contributed by atoms with E-state index in [0.29, 0.717) is 5.92 Å². The molecule has 0 bridgehead atoms. The fraction of sp³-hybridized carbons (Fsp3) is 0.529. The molecular formula is C17H23NO3. The normalized spacial score (nSPS) is 21.8. The Balaban J connectivity index is 1.95. The summed E-state index contributed by atoms with van der Waals surface area (Å²) < 4.78 is 4.63. The number of benzene rings is 1. The average molecular weight is 289 g/mol. The molecule has 1 aromatic carbocycles. The van der Waals surface area contributed by atoms with Crippen molar-refractivity contribution in [1.29, 1.82) is 0 Å². The van der Waals surface area contributed by atoms with Crippen LogP contribution in [-0.4, -0.2) is 25.4 Å². The first-order chi connectivity index (χ1) is 10.1. The van der Waals surface area contributed by atoms with E-state index >= 15 is 0 Å². The standard InChI is InChI=1S/C17H23NO3/c1-21-16(19)10-12-2-6-14(7-3-12)17(20)15-8-4-13(11-18)5-9-15/h2-3,6-7,13,15H,4-5,8-11,18H2,1H3. The lowest BCUT2D eigenvalue weighted by Crippen LogP contribution is -2.25. The molecule has 0 aliphatic heterocycles. The van der Waals surface area contributed by atoms with Crippen LogP contribution < -0.4 is 5.73 Å². The van der Waals surface area contributed by atoms with Crippen molar-refractivity contribution in [2.24, 2.45) is 17.6 Å². The van der Waals surface area contributed by atoms with Gasteiger partial charge in [0.1, 0.15) is 0 Å². The maximum Gasteiger partial charge on any atom is 0.309 e. The smallest absolute Gasteiger partial charge is 0.309 e. The maximum atomic E-state index is 12.5. The number of nitrogens with two attached hydrogens (primary N) is 1. The molecule has 0 unspecified atom stereocenters. The van der Waals surface area contributed by atoms with Crippen LogP contribution in [0.3, 0.4) is 0 Å². The second kappa shape index (κ2) is 7.36. The van der Waals surface area contributed by atoms with E-state index in [2.05, 4.69) is 4.74 Å². The summed E-state index contributed by atoms with van der Waals surface area (Å²) in [7, 11) is 1.37. The Morgan fingerprint density at radius 3 is 2.29 bits per heavy atom. The van der Waals surface area contributed by atoms with Gasteiger partial charge in [-0.1, -0.05) is 24.3 Å². The molecule has 1 aliphatic rings. The van der Waals surface area contributed by atoms with Crippen molar-refractivity contribution in [3.8, 4) is 0 Å². The highest BCUT2D eigenvalue weighted by molar-refractivity contribution is 5.98. The van der Waals surface area contributed by atoms with Crippen LogP contribution in [0.2, 0.25) is 0 Å². The molecule has 0 saturated heterocycles. The minimum Gasteiger partial charge on any atom is -0.469 e. The molecule has 2 N–H and O–H groups in total. The van der Waals surface area contributed by atoms with Gasteiger partial charge in [-0.25, -0.2) is 0 Å². The molecule has 0 atom stereocenters. The van der Waals surface area contributed by atoms with Gasteiger partial charge in [0, 0.05) is 11.5 Å². The molecule has 114 valence electrons. The molecule has 0 amide bonds. The third kappa shape index (κ3) is 4.14. The Labute approximate surface area is 125 Å². The summed E-state index contributed by atoms with van der Waals surface area (Å²) in [5, 5.41) is 0. The van der Waals surface area contributed by atoms with Crippen LogP contribution in [0.25, 0.3) is 0 Å². The largest absolute Gasteiger partial charge is 0.469 e. The lowest BCUT2D eigenvalue weighted by Gasteiger charge is -2.26. The van der Waals surface area contributed by atoms with Gasteiger partial charge >= 0.3 is 5.97 Å². The molecule has 0 aromatic heterocycles. The molecule has 1 fully saturated rings. The summed E-state index contributed by atoms with van der Waals surface area (Å²) in [4.78, 5) is 23.7. The summed E-state index contributed by atoms with van der Waals surface area (Å²) in [6.07, 6.45) is 4.21. The second-order valence-corrected chi connectivity index (χ2v) is 5.77. The first-order valence-electron chi connectivity index (χ1n) is 7.54. The Morgan fingerprint density at radius 2 is 1.76 bits per heavy atom. The van der Waals surface area contributed by atoms with Crippen molar-refractivity contribution in [3.63, 3.8) is 0 Å². The van der Waals surface area contributed by atoms with Crippen molar-refractivity contribution < 1.29 is 14.3 Å². The fourth-order valence-electron chi connectivity index (χ4n) is 2.92. The molecule has 2 rings (SSSR count). The predicted molar refractivity (Wildman–Crippen MR) is 81.0 cm³/mol. The van der Waals surface area contributed by atoms with E-state index in [9.17, 15) is 9.59 Å². The minimum absolute atomic E-state index is 0.124. The van der Waals surface area contributed by atoms with Gasteiger partial charge in [-0.3, -0.25) is 9.59 Å². The molecule has 1 aliphatic carbocycles. The molecule has 1 saturated carbocycles. The number of carbonyl (C=O) groups excluding carboxylic acids is 2. The summed E-state index contributed by atoms with van der Waals surface area (Å²) in [6, 6.07) is 7.29. The van der Waals surface area contributed by atoms with Gasteiger partial charge in [-0.2, -0.15) is 0 Å². The van der Waals surface area contributed by atoms with E-state index in [-0.39, 0.29) is 24.1 Å². The summed E-state index contributed by atoms with van der Waals surface area (Å²) in [5.41, 5.74) is 7.28. The van der Waals surface area contributed by atoms with Gasteiger partial charge < -0.3 is 10.5 Å². The van der Waals surface area contributed by atoms with Crippen molar-refractivity contribution in [1.82, 2.24) is 0 Å². The minimum atomic E-state index is -0.269. The number of carbonyl (C=O) groups is 2. The first kappa shape index (κ1) is 15.7. The second-order valence-electron chi connectivity index (χ2n) is 5.77. The van der Waals surface area contributed by atoms with Gasteiger partial charge in [0.2, 0.25) is 0 Å². The molecule has 1 aromatic rings. The molecular weight excluding hydrogens is 266 g/mol. The number of Topliss-reactive ketones (excluding diaryl/α,β-unsaturated/α-hetero) is 1. The van der Waals surface area contributed by atoms with Crippen LogP contribution in [0, 0.1) is 11.8 Å². The van der Waals surface area contributed by atoms with Crippen molar-refractivity contribution in [2.45, 2.75) is 32.1 Å². The molecule has 0 heterocycles. The monoisotopic (exact) mass is 289 g/mol. The number of hydrogen-bond donors (Lipinski definition) is 1. The molecule has 0 radical (unpaired) electrons. The Kier molecular flexibility index (Phi) is 5.51. The summed E-state index contributed by atoms with van der Waals surface area (Å²) in [5.74, 6) is 0.653. The Bertz CT molecular complexity index is 487. The van der Waals surface area contributed by atoms with Crippen LogP contribution in [0.1, 0.15) is 41.6 Å². The van der Waals surface area contributed by atoms with Crippen LogP contribution in [0.4, 0.5) is 0 Å². The maximum absolute atomic E-state index is 12.5. The van der Waals surface area contributed by atoms with Gasteiger partial charge in [0.15, 0.2) is 5.78 Å². The molecule has 21 heavy (non-hydrogen) atoms. The average Bonchev–Trinajstić information content (AvgIpc) is 2.55. The van der Waals surface area contributed by atoms with E-state index in [1.807, 2.05) is 24.3 Å². The zero-order chi connectivity index (χ0) is 15.2. The lowest BCUT2D eigenvalue weighted by molar-refractivity contribution is -0.139. The number of ether oxygens (including phenoxy) is 1. The highest BCUT2D eigenvalue weighted by atomic mass is 16.5. The molecule has 4 heteroatoms. The third-order valence-electron chi connectivity index (χ3n) is 4.37. The van der Waals surface area contributed by atoms with Gasteiger partial charge in [-0.05, 0) is 43.7 Å². The van der Waals surface area contributed by atoms with Gasteiger partial charge in [0.05, 0.1) is 13.5 Å².